The Morgan fingerprint density at radius 3 is 2.50 bits per heavy atom. The molecule has 0 radical (unpaired) electrons. The molecule has 1 unspecified atom stereocenters. The van der Waals surface area contributed by atoms with Crippen LogP contribution in [-0.2, 0) is 20.5 Å². The quantitative estimate of drug-likeness (QED) is 0.778. The Balaban J connectivity index is 1.87. The number of rotatable bonds is 4. The van der Waals surface area contributed by atoms with Gasteiger partial charge in [0.15, 0.2) is 0 Å². The number of halogens is 2. The molecule has 1 heterocycles. The van der Waals surface area contributed by atoms with Crippen molar-refractivity contribution in [1.82, 2.24) is 4.31 Å². The maximum atomic E-state index is 14.1. The van der Waals surface area contributed by atoms with Gasteiger partial charge >= 0.3 is 0 Å². The Kier molecular flexibility index (Phi) is 5.40. The van der Waals surface area contributed by atoms with Crippen LogP contribution in [0.5, 0.6) is 0 Å². The lowest BCUT2D eigenvalue weighted by Gasteiger charge is -2.44. The molecule has 1 aliphatic rings. The second-order valence-electron chi connectivity index (χ2n) is 7.05. The third kappa shape index (κ3) is 4.09. The van der Waals surface area contributed by atoms with E-state index in [1.807, 2.05) is 13.8 Å². The van der Waals surface area contributed by atoms with Crippen LogP contribution >= 0.6 is 11.6 Å². The Bertz CT molecular complexity index is 884. The van der Waals surface area contributed by atoms with Crippen molar-refractivity contribution in [1.29, 1.82) is 0 Å². The number of sulfonamides is 1. The first-order chi connectivity index (χ1) is 12.2. The number of ether oxygens (including phenoxy) is 1. The van der Waals surface area contributed by atoms with Crippen molar-refractivity contribution in [2.45, 2.75) is 31.2 Å². The van der Waals surface area contributed by atoms with Gasteiger partial charge in [-0.15, -0.1) is 0 Å². The van der Waals surface area contributed by atoms with Crippen LogP contribution in [0, 0.1) is 5.82 Å². The van der Waals surface area contributed by atoms with Crippen LogP contribution in [0.25, 0.3) is 0 Å². The molecule has 0 amide bonds. The van der Waals surface area contributed by atoms with Gasteiger partial charge in [-0.1, -0.05) is 41.9 Å². The molecule has 0 aliphatic carbocycles. The van der Waals surface area contributed by atoms with E-state index in [9.17, 15) is 12.8 Å². The summed E-state index contributed by atoms with van der Waals surface area (Å²) in [5, 5.41) is 0.553. The minimum Gasteiger partial charge on any atom is -0.370 e. The summed E-state index contributed by atoms with van der Waals surface area (Å²) in [6, 6.07) is 13.0. The third-order valence-corrected chi connectivity index (χ3v) is 6.76. The molecule has 0 spiro atoms. The predicted molar refractivity (Wildman–Crippen MR) is 100.0 cm³/mol. The van der Waals surface area contributed by atoms with Crippen molar-refractivity contribution in [3.05, 3.63) is 70.5 Å². The van der Waals surface area contributed by atoms with Gasteiger partial charge in [-0.25, -0.2) is 12.8 Å². The average molecular weight is 398 g/mol. The summed E-state index contributed by atoms with van der Waals surface area (Å²) in [5.41, 5.74) is 0.307. The van der Waals surface area contributed by atoms with Gasteiger partial charge < -0.3 is 4.74 Å². The van der Waals surface area contributed by atoms with Crippen LogP contribution in [0.3, 0.4) is 0 Å². The fourth-order valence-corrected chi connectivity index (χ4v) is 5.17. The number of nitrogens with zero attached hydrogens (tertiary/aromatic N) is 1. The SMILES string of the molecule is CC1(C)COC(c2ccccc2F)CN1S(=O)(=O)Cc1ccc(Cl)cc1. The zero-order valence-corrected chi connectivity index (χ0v) is 16.2. The van der Waals surface area contributed by atoms with E-state index >= 15 is 0 Å². The van der Waals surface area contributed by atoms with E-state index in [0.717, 1.165) is 0 Å². The summed E-state index contributed by atoms with van der Waals surface area (Å²) in [6.07, 6.45) is -0.635. The van der Waals surface area contributed by atoms with Gasteiger partial charge in [0.2, 0.25) is 10.0 Å². The molecular weight excluding hydrogens is 377 g/mol. The van der Waals surface area contributed by atoms with Crippen LogP contribution in [0.1, 0.15) is 31.1 Å². The highest BCUT2D eigenvalue weighted by Crippen LogP contribution is 2.34. The minimum atomic E-state index is -3.62. The van der Waals surface area contributed by atoms with Crippen LogP contribution < -0.4 is 0 Å². The summed E-state index contributed by atoms with van der Waals surface area (Å²) in [6.45, 7) is 3.88. The Labute approximate surface area is 158 Å². The van der Waals surface area contributed by atoms with E-state index in [1.165, 1.54) is 10.4 Å². The van der Waals surface area contributed by atoms with Crippen LogP contribution in [-0.4, -0.2) is 31.4 Å². The summed E-state index contributed by atoms with van der Waals surface area (Å²) in [5.74, 6) is -0.537. The average Bonchev–Trinajstić information content (AvgIpc) is 2.57. The maximum absolute atomic E-state index is 14.1. The number of hydrogen-bond donors (Lipinski definition) is 0. The van der Waals surface area contributed by atoms with Gasteiger partial charge in [-0.05, 0) is 37.6 Å². The highest BCUT2D eigenvalue weighted by molar-refractivity contribution is 7.88. The molecule has 0 bridgehead atoms. The zero-order valence-electron chi connectivity index (χ0n) is 14.7. The Morgan fingerprint density at radius 2 is 1.85 bits per heavy atom. The second-order valence-corrected chi connectivity index (χ2v) is 9.38. The molecule has 1 fully saturated rings. The van der Waals surface area contributed by atoms with Gasteiger partial charge in [0, 0.05) is 17.1 Å². The van der Waals surface area contributed by atoms with Gasteiger partial charge in [0.05, 0.1) is 24.0 Å². The molecule has 3 rings (SSSR count). The first-order valence-corrected chi connectivity index (χ1v) is 10.3. The molecular formula is C19H21ClFNO3S. The Hall–Kier alpha value is -1.47. The maximum Gasteiger partial charge on any atom is 0.218 e. The first-order valence-electron chi connectivity index (χ1n) is 8.30. The molecule has 1 atom stereocenters. The predicted octanol–water partition coefficient (Wildman–Crippen LogP) is 4.16. The molecule has 2 aromatic carbocycles. The lowest BCUT2D eigenvalue weighted by molar-refractivity contribution is -0.0668. The number of morpholine rings is 1. The normalized spacial score (nSPS) is 20.8. The lowest BCUT2D eigenvalue weighted by Crippen LogP contribution is -2.56. The van der Waals surface area contributed by atoms with E-state index < -0.39 is 27.5 Å². The summed E-state index contributed by atoms with van der Waals surface area (Å²) < 4.78 is 47.5. The highest BCUT2D eigenvalue weighted by atomic mass is 35.5. The van der Waals surface area contributed by atoms with Crippen molar-refractivity contribution < 1.29 is 17.5 Å². The van der Waals surface area contributed by atoms with Crippen molar-refractivity contribution in [3.8, 4) is 0 Å². The van der Waals surface area contributed by atoms with E-state index in [0.29, 0.717) is 16.1 Å². The fraction of sp³-hybridized carbons (Fsp3) is 0.368. The molecule has 2 aromatic rings. The molecule has 0 saturated carbocycles. The molecule has 0 N–H and O–H groups in total. The van der Waals surface area contributed by atoms with Crippen molar-refractivity contribution in [3.63, 3.8) is 0 Å². The molecule has 7 heteroatoms. The summed E-state index contributed by atoms with van der Waals surface area (Å²) >= 11 is 5.87. The molecule has 0 aromatic heterocycles. The summed E-state index contributed by atoms with van der Waals surface area (Å²) in [4.78, 5) is 0. The zero-order chi connectivity index (χ0) is 18.9. The monoisotopic (exact) mass is 397 g/mol. The fourth-order valence-electron chi connectivity index (χ4n) is 3.11. The third-order valence-electron chi connectivity index (χ3n) is 4.49. The molecule has 4 nitrogen and oxygen atoms in total. The minimum absolute atomic E-state index is 0.0733. The van der Waals surface area contributed by atoms with Gasteiger partial charge in [-0.2, -0.15) is 4.31 Å². The molecule has 26 heavy (non-hydrogen) atoms. The van der Waals surface area contributed by atoms with Gasteiger partial charge in [-0.3, -0.25) is 0 Å². The smallest absolute Gasteiger partial charge is 0.218 e. The van der Waals surface area contributed by atoms with Crippen LogP contribution in [0.15, 0.2) is 48.5 Å². The largest absolute Gasteiger partial charge is 0.370 e. The summed E-state index contributed by atoms with van der Waals surface area (Å²) in [7, 11) is -3.62. The van der Waals surface area contributed by atoms with E-state index in [-0.39, 0.29) is 18.9 Å². The van der Waals surface area contributed by atoms with Gasteiger partial charge in [0.1, 0.15) is 5.82 Å². The van der Waals surface area contributed by atoms with Crippen molar-refractivity contribution >= 4 is 21.6 Å². The first kappa shape index (κ1) is 19.3. The number of benzene rings is 2. The van der Waals surface area contributed by atoms with Crippen LogP contribution in [0.4, 0.5) is 4.39 Å². The second kappa shape index (κ2) is 7.27. The number of hydrogen-bond acceptors (Lipinski definition) is 3. The molecule has 140 valence electrons. The van der Waals surface area contributed by atoms with Gasteiger partial charge in [0.25, 0.3) is 0 Å². The van der Waals surface area contributed by atoms with E-state index in [1.54, 1.807) is 42.5 Å². The van der Waals surface area contributed by atoms with Crippen molar-refractivity contribution in [2.75, 3.05) is 13.2 Å². The molecule has 1 aliphatic heterocycles. The highest BCUT2D eigenvalue weighted by Gasteiger charge is 2.43. The van der Waals surface area contributed by atoms with E-state index in [4.69, 9.17) is 16.3 Å². The standard InChI is InChI=1S/C19H21ClFNO3S/c1-19(2)13-25-18(16-5-3-4-6-17(16)21)11-22(19)26(23,24)12-14-7-9-15(20)10-8-14/h3-10,18H,11-13H2,1-2H3. The topological polar surface area (TPSA) is 46.6 Å². The Morgan fingerprint density at radius 1 is 1.19 bits per heavy atom. The van der Waals surface area contributed by atoms with Crippen LogP contribution in [0.2, 0.25) is 5.02 Å². The lowest BCUT2D eigenvalue weighted by atomic mass is 10.0. The van der Waals surface area contributed by atoms with E-state index in [2.05, 4.69) is 0 Å². The molecule has 1 saturated heterocycles. The van der Waals surface area contributed by atoms with Crippen molar-refractivity contribution in [2.24, 2.45) is 0 Å².